The molecule has 0 radical (unpaired) electrons. The van der Waals surface area contributed by atoms with Gasteiger partial charge in [-0.05, 0) is 66.2 Å². The Morgan fingerprint density at radius 2 is 1.79 bits per heavy atom. The van der Waals surface area contributed by atoms with Crippen LogP contribution in [0.1, 0.15) is 21.7 Å². The standard InChI is InChI=1S/C21H22BrN3O3/c1-14-20(22)15(2)25(24-14)17-10-8-16(9-11-17)21(26)23-12-13-28-19-7-5-4-6-18(19)27-3/h4-11H,12-13H2,1-3H3,(H,23,26). The normalized spacial score (nSPS) is 10.6. The van der Waals surface area contributed by atoms with E-state index in [0.717, 1.165) is 21.5 Å². The van der Waals surface area contributed by atoms with Crippen molar-refractivity contribution in [2.24, 2.45) is 0 Å². The summed E-state index contributed by atoms with van der Waals surface area (Å²) in [7, 11) is 1.60. The van der Waals surface area contributed by atoms with Crippen LogP contribution in [0.15, 0.2) is 53.0 Å². The molecule has 3 aromatic rings. The molecule has 0 aliphatic carbocycles. The number of aryl methyl sites for hydroxylation is 1. The van der Waals surface area contributed by atoms with Crippen molar-refractivity contribution in [1.29, 1.82) is 0 Å². The highest BCUT2D eigenvalue weighted by Gasteiger charge is 2.11. The maximum Gasteiger partial charge on any atom is 0.251 e. The van der Waals surface area contributed by atoms with Crippen LogP contribution < -0.4 is 14.8 Å². The van der Waals surface area contributed by atoms with Gasteiger partial charge in [0, 0.05) is 5.56 Å². The second-order valence-corrected chi connectivity index (χ2v) is 6.99. The summed E-state index contributed by atoms with van der Waals surface area (Å²) in [6.45, 7) is 4.68. The molecule has 0 saturated carbocycles. The van der Waals surface area contributed by atoms with Gasteiger partial charge in [0.2, 0.25) is 0 Å². The lowest BCUT2D eigenvalue weighted by molar-refractivity contribution is 0.0947. The maximum absolute atomic E-state index is 12.3. The van der Waals surface area contributed by atoms with Crippen LogP contribution in [0.5, 0.6) is 11.5 Å². The summed E-state index contributed by atoms with van der Waals surface area (Å²) in [5, 5.41) is 7.36. The van der Waals surface area contributed by atoms with E-state index in [4.69, 9.17) is 9.47 Å². The predicted molar refractivity (Wildman–Crippen MR) is 112 cm³/mol. The second kappa shape index (κ2) is 8.93. The lowest BCUT2D eigenvalue weighted by atomic mass is 10.2. The first-order valence-corrected chi connectivity index (χ1v) is 9.66. The van der Waals surface area contributed by atoms with Crippen LogP contribution in [0.25, 0.3) is 5.69 Å². The van der Waals surface area contributed by atoms with Crippen molar-refractivity contribution < 1.29 is 14.3 Å². The van der Waals surface area contributed by atoms with E-state index in [2.05, 4.69) is 26.3 Å². The maximum atomic E-state index is 12.3. The Balaban J connectivity index is 1.55. The van der Waals surface area contributed by atoms with Crippen LogP contribution in [0.4, 0.5) is 0 Å². The quantitative estimate of drug-likeness (QED) is 0.558. The van der Waals surface area contributed by atoms with Crippen molar-refractivity contribution in [2.75, 3.05) is 20.3 Å². The Morgan fingerprint density at radius 3 is 2.39 bits per heavy atom. The van der Waals surface area contributed by atoms with Crippen molar-refractivity contribution in [3.8, 4) is 17.2 Å². The van der Waals surface area contributed by atoms with E-state index in [1.54, 1.807) is 19.2 Å². The third kappa shape index (κ3) is 4.36. The minimum absolute atomic E-state index is 0.148. The average molecular weight is 444 g/mol. The highest BCUT2D eigenvalue weighted by atomic mass is 79.9. The Labute approximate surface area is 172 Å². The Bertz CT molecular complexity index is 968. The number of rotatable bonds is 7. The smallest absolute Gasteiger partial charge is 0.251 e. The molecule has 0 saturated heterocycles. The molecule has 1 aromatic heterocycles. The SMILES string of the molecule is COc1ccccc1OCCNC(=O)c1ccc(-n2nc(C)c(Br)c2C)cc1. The van der Waals surface area contributed by atoms with E-state index >= 15 is 0 Å². The molecule has 7 heteroatoms. The number of benzene rings is 2. The monoisotopic (exact) mass is 443 g/mol. The van der Waals surface area contributed by atoms with Crippen LogP contribution in [-0.4, -0.2) is 35.9 Å². The third-order valence-corrected chi connectivity index (χ3v) is 5.44. The second-order valence-electron chi connectivity index (χ2n) is 6.20. The number of nitrogens with one attached hydrogen (secondary N) is 1. The van der Waals surface area contributed by atoms with Gasteiger partial charge in [0.25, 0.3) is 5.91 Å². The summed E-state index contributed by atoms with van der Waals surface area (Å²) in [4.78, 5) is 12.3. The Hall–Kier alpha value is -2.80. The van der Waals surface area contributed by atoms with Gasteiger partial charge in [-0.1, -0.05) is 12.1 Å². The van der Waals surface area contributed by atoms with Crippen LogP contribution in [0.3, 0.4) is 0 Å². The first-order chi connectivity index (χ1) is 13.5. The van der Waals surface area contributed by atoms with Gasteiger partial charge in [-0.25, -0.2) is 4.68 Å². The molecular weight excluding hydrogens is 422 g/mol. The van der Waals surface area contributed by atoms with Gasteiger partial charge in [0.15, 0.2) is 11.5 Å². The average Bonchev–Trinajstić information content (AvgIpc) is 2.98. The van der Waals surface area contributed by atoms with Crippen molar-refractivity contribution in [3.63, 3.8) is 0 Å². The largest absolute Gasteiger partial charge is 0.493 e. The molecule has 3 rings (SSSR count). The van der Waals surface area contributed by atoms with Gasteiger partial charge >= 0.3 is 0 Å². The number of para-hydroxylation sites is 2. The van der Waals surface area contributed by atoms with Gasteiger partial charge in [0.05, 0.1) is 35.2 Å². The molecule has 0 aliphatic heterocycles. The minimum atomic E-state index is -0.148. The molecule has 2 aromatic carbocycles. The molecule has 0 spiro atoms. The molecule has 0 fully saturated rings. The highest BCUT2D eigenvalue weighted by molar-refractivity contribution is 9.10. The Kier molecular flexibility index (Phi) is 6.36. The first-order valence-electron chi connectivity index (χ1n) is 8.87. The molecule has 0 atom stereocenters. The summed E-state index contributed by atoms with van der Waals surface area (Å²) in [5.41, 5.74) is 3.43. The number of ether oxygens (including phenoxy) is 2. The number of halogens is 1. The fourth-order valence-corrected chi connectivity index (χ4v) is 3.04. The summed E-state index contributed by atoms with van der Waals surface area (Å²) in [6, 6.07) is 14.7. The van der Waals surface area contributed by atoms with E-state index in [0.29, 0.717) is 30.2 Å². The molecule has 28 heavy (non-hydrogen) atoms. The lowest BCUT2D eigenvalue weighted by Crippen LogP contribution is -2.28. The molecule has 1 heterocycles. The molecule has 1 amide bonds. The summed E-state index contributed by atoms with van der Waals surface area (Å²) >= 11 is 3.53. The van der Waals surface area contributed by atoms with Crippen molar-refractivity contribution in [3.05, 3.63) is 70.0 Å². The van der Waals surface area contributed by atoms with Crippen LogP contribution in [0.2, 0.25) is 0 Å². The van der Waals surface area contributed by atoms with Crippen molar-refractivity contribution >= 4 is 21.8 Å². The number of carbonyl (C=O) groups excluding carboxylic acids is 1. The number of aromatic nitrogens is 2. The first kappa shape index (κ1) is 19.9. The van der Waals surface area contributed by atoms with E-state index in [9.17, 15) is 4.79 Å². The molecule has 6 nitrogen and oxygen atoms in total. The molecule has 0 aliphatic rings. The van der Waals surface area contributed by atoms with Gasteiger partial charge in [-0.15, -0.1) is 0 Å². The molecular formula is C21H22BrN3O3. The van der Waals surface area contributed by atoms with Crippen LogP contribution in [0, 0.1) is 13.8 Å². The van der Waals surface area contributed by atoms with E-state index in [-0.39, 0.29) is 5.91 Å². The molecule has 1 N–H and O–H groups in total. The van der Waals surface area contributed by atoms with Crippen molar-refractivity contribution in [1.82, 2.24) is 15.1 Å². The fraction of sp³-hybridized carbons (Fsp3) is 0.238. The van der Waals surface area contributed by atoms with Gasteiger partial charge in [-0.2, -0.15) is 5.10 Å². The Morgan fingerprint density at radius 1 is 1.11 bits per heavy atom. The zero-order valence-corrected chi connectivity index (χ0v) is 17.6. The topological polar surface area (TPSA) is 65.4 Å². The number of carbonyl (C=O) groups is 1. The summed E-state index contributed by atoms with van der Waals surface area (Å²) < 4.78 is 13.7. The van der Waals surface area contributed by atoms with E-state index in [1.165, 1.54) is 0 Å². The molecule has 0 unspecified atom stereocenters. The van der Waals surface area contributed by atoms with Crippen LogP contribution in [-0.2, 0) is 0 Å². The van der Waals surface area contributed by atoms with Gasteiger partial charge in [-0.3, -0.25) is 4.79 Å². The fourth-order valence-electron chi connectivity index (χ4n) is 2.79. The minimum Gasteiger partial charge on any atom is -0.493 e. The lowest BCUT2D eigenvalue weighted by Gasteiger charge is -2.11. The van der Waals surface area contributed by atoms with E-state index in [1.807, 2.05) is 54.9 Å². The zero-order chi connectivity index (χ0) is 20.1. The van der Waals surface area contributed by atoms with Gasteiger partial charge < -0.3 is 14.8 Å². The number of amides is 1. The van der Waals surface area contributed by atoms with Crippen molar-refractivity contribution in [2.45, 2.75) is 13.8 Å². The number of methoxy groups -OCH3 is 1. The highest BCUT2D eigenvalue weighted by Crippen LogP contribution is 2.25. The van der Waals surface area contributed by atoms with Gasteiger partial charge in [0.1, 0.15) is 6.61 Å². The van der Waals surface area contributed by atoms with Crippen LogP contribution >= 0.6 is 15.9 Å². The number of nitrogens with zero attached hydrogens (tertiary/aromatic N) is 2. The molecule has 0 bridgehead atoms. The van der Waals surface area contributed by atoms with E-state index < -0.39 is 0 Å². The molecule has 146 valence electrons. The summed E-state index contributed by atoms with van der Waals surface area (Å²) in [6.07, 6.45) is 0. The number of hydrogen-bond acceptors (Lipinski definition) is 4. The number of hydrogen-bond donors (Lipinski definition) is 1. The summed E-state index contributed by atoms with van der Waals surface area (Å²) in [5.74, 6) is 1.17. The zero-order valence-electron chi connectivity index (χ0n) is 16.0. The predicted octanol–water partition coefficient (Wildman–Crippen LogP) is 4.07. The third-order valence-electron chi connectivity index (χ3n) is 4.29.